The molecule has 1 amide bonds. The summed E-state index contributed by atoms with van der Waals surface area (Å²) in [5.74, 6) is -0.222. The summed E-state index contributed by atoms with van der Waals surface area (Å²) in [4.78, 5) is 25.0. The Morgan fingerprint density at radius 3 is 1.44 bits per heavy atom. The number of nitrogens with one attached hydrogen (secondary N) is 1. The minimum absolute atomic E-state index is 0.0200. The van der Waals surface area contributed by atoms with Gasteiger partial charge in [-0.2, -0.15) is 0 Å². The normalized spacial score (nSPS) is 19.5. The van der Waals surface area contributed by atoms with Crippen LogP contribution in [0.3, 0.4) is 0 Å². The van der Waals surface area contributed by atoms with Crippen molar-refractivity contribution in [1.82, 2.24) is 5.32 Å². The van der Waals surface area contributed by atoms with Gasteiger partial charge in [-0.25, -0.2) is 0 Å². The van der Waals surface area contributed by atoms with Gasteiger partial charge in [0, 0.05) is 12.8 Å². The van der Waals surface area contributed by atoms with Crippen LogP contribution < -0.4 is 5.32 Å². The van der Waals surface area contributed by atoms with E-state index in [1.165, 1.54) is 154 Å². The van der Waals surface area contributed by atoms with Gasteiger partial charge in [0.2, 0.25) is 5.91 Å². The lowest BCUT2D eigenvalue weighted by Crippen LogP contribution is -2.60. The number of allylic oxidation sites excluding steroid dienone is 7. The number of hydrogen-bond acceptors (Lipinski definition) is 10. The number of carbonyl (C=O) groups excluding carboxylic acids is 2. The van der Waals surface area contributed by atoms with Gasteiger partial charge in [0.1, 0.15) is 24.4 Å². The number of ether oxygens (including phenoxy) is 3. The van der Waals surface area contributed by atoms with E-state index < -0.39 is 49.5 Å². The summed E-state index contributed by atoms with van der Waals surface area (Å²) in [5.41, 5.74) is 0. The van der Waals surface area contributed by atoms with Crippen LogP contribution in [0.4, 0.5) is 0 Å². The number of unbranched alkanes of at least 4 members (excludes halogenated alkanes) is 30. The SMILES string of the molecule is CCCC/C=C\CCCCCCCC(=O)OCCCCCCCCCCC/C=C\CCCCCCCCCC(=O)NC(COC1OC(CO)C(O)C(O)C1O)C(O)/C=C/CC/C=C/CCCCCCCC. The van der Waals surface area contributed by atoms with E-state index in [1.807, 2.05) is 6.08 Å². The Kier molecular flexibility index (Phi) is 46.7. The first-order chi connectivity index (χ1) is 34.7. The second kappa shape index (κ2) is 49.8. The van der Waals surface area contributed by atoms with Gasteiger partial charge in [-0.05, 0) is 89.9 Å². The molecular formula is C60H109NO10. The van der Waals surface area contributed by atoms with E-state index >= 15 is 0 Å². The van der Waals surface area contributed by atoms with Gasteiger partial charge in [0.05, 0.1) is 32.0 Å². The van der Waals surface area contributed by atoms with Crippen LogP contribution in [-0.4, -0.2) is 100 Å². The molecule has 0 bridgehead atoms. The summed E-state index contributed by atoms with van der Waals surface area (Å²) >= 11 is 0. The van der Waals surface area contributed by atoms with Gasteiger partial charge >= 0.3 is 5.97 Å². The third kappa shape index (κ3) is 39.7. The van der Waals surface area contributed by atoms with Gasteiger partial charge in [0.25, 0.3) is 0 Å². The molecule has 0 radical (unpaired) electrons. The predicted octanol–water partition coefficient (Wildman–Crippen LogP) is 13.3. The Hall–Kier alpha value is -2.38. The molecule has 1 heterocycles. The Morgan fingerprint density at radius 1 is 0.507 bits per heavy atom. The average molecular weight is 1000 g/mol. The topological polar surface area (TPSA) is 175 Å². The summed E-state index contributed by atoms with van der Waals surface area (Å²) in [6.45, 7) is 4.25. The Labute approximate surface area is 434 Å². The zero-order chi connectivity index (χ0) is 51.7. The molecule has 11 heteroatoms. The van der Waals surface area contributed by atoms with Crippen molar-refractivity contribution in [1.29, 1.82) is 0 Å². The lowest BCUT2D eigenvalue weighted by atomic mass is 9.99. The lowest BCUT2D eigenvalue weighted by Gasteiger charge is -2.40. The maximum atomic E-state index is 13.0. The molecule has 1 fully saturated rings. The highest BCUT2D eigenvalue weighted by atomic mass is 16.7. The Balaban J connectivity index is 2.10. The summed E-state index contributed by atoms with van der Waals surface area (Å²) < 4.78 is 16.7. The van der Waals surface area contributed by atoms with Crippen molar-refractivity contribution in [2.24, 2.45) is 0 Å². The molecule has 0 aromatic heterocycles. The highest BCUT2D eigenvalue weighted by Gasteiger charge is 2.44. The molecule has 11 nitrogen and oxygen atoms in total. The molecule has 1 aliphatic rings. The molecule has 0 aromatic rings. The summed E-state index contributed by atoms with van der Waals surface area (Å²) in [5, 5.41) is 54.3. The van der Waals surface area contributed by atoms with Crippen molar-refractivity contribution in [2.75, 3.05) is 19.8 Å². The molecule has 0 aromatic carbocycles. The zero-order valence-electron chi connectivity index (χ0n) is 45.4. The van der Waals surface area contributed by atoms with Crippen molar-refractivity contribution in [3.63, 3.8) is 0 Å². The molecular weight excluding hydrogens is 895 g/mol. The smallest absolute Gasteiger partial charge is 0.305 e. The average Bonchev–Trinajstić information content (AvgIpc) is 3.37. The standard InChI is InChI=1S/C60H109NO10/c1-3-5-7-9-11-13-15-27-30-34-38-42-46-53(63)52(51-70-60-59(68)58(67)57(66)54(50-62)71-60)61-55(64)47-43-39-35-31-28-24-22-20-18-16-17-19-21-23-25-29-33-37-41-45-49-69-56(65)48-44-40-36-32-26-14-12-10-8-6-4-2/h10,12,16,18,27,30,42,46,52-54,57-60,62-63,66-68H,3-9,11,13-15,17,19-26,28-29,31-41,43-45,47-51H2,1-2H3,(H,61,64)/b12-10-,18-16-,30-27+,46-42+. The van der Waals surface area contributed by atoms with Crippen LogP contribution in [0.15, 0.2) is 48.6 Å². The van der Waals surface area contributed by atoms with Gasteiger partial charge in [-0.15, -0.1) is 0 Å². The molecule has 1 saturated heterocycles. The number of amides is 1. The van der Waals surface area contributed by atoms with Gasteiger partial charge in [0.15, 0.2) is 6.29 Å². The third-order valence-electron chi connectivity index (χ3n) is 13.6. The summed E-state index contributed by atoms with van der Waals surface area (Å²) in [6.07, 6.45) is 52.0. The van der Waals surface area contributed by atoms with Gasteiger partial charge in [-0.3, -0.25) is 9.59 Å². The van der Waals surface area contributed by atoms with E-state index in [4.69, 9.17) is 14.2 Å². The largest absolute Gasteiger partial charge is 0.466 e. The first kappa shape index (κ1) is 66.6. The highest BCUT2D eigenvalue weighted by molar-refractivity contribution is 5.76. The Bertz CT molecular complexity index is 1320. The quantitative estimate of drug-likeness (QED) is 0.0195. The maximum Gasteiger partial charge on any atom is 0.305 e. The molecule has 414 valence electrons. The van der Waals surface area contributed by atoms with E-state index in [1.54, 1.807) is 6.08 Å². The molecule has 7 unspecified atom stereocenters. The molecule has 1 rings (SSSR count). The molecule has 0 aliphatic carbocycles. The second-order valence-electron chi connectivity index (χ2n) is 20.3. The van der Waals surface area contributed by atoms with Gasteiger partial charge < -0.3 is 45.1 Å². The number of aliphatic hydroxyl groups excluding tert-OH is 5. The number of hydrogen-bond donors (Lipinski definition) is 6. The molecule has 0 saturated carbocycles. The predicted molar refractivity (Wildman–Crippen MR) is 292 cm³/mol. The minimum Gasteiger partial charge on any atom is -0.466 e. The number of carbonyl (C=O) groups is 2. The van der Waals surface area contributed by atoms with Crippen LogP contribution in [0.25, 0.3) is 0 Å². The zero-order valence-corrected chi connectivity index (χ0v) is 45.4. The number of esters is 1. The third-order valence-corrected chi connectivity index (χ3v) is 13.6. The Morgan fingerprint density at radius 2 is 0.930 bits per heavy atom. The first-order valence-electron chi connectivity index (χ1n) is 29.4. The van der Waals surface area contributed by atoms with Crippen molar-refractivity contribution < 1.29 is 49.3 Å². The van der Waals surface area contributed by atoms with Crippen molar-refractivity contribution in [2.45, 2.75) is 301 Å². The van der Waals surface area contributed by atoms with E-state index in [2.05, 4.69) is 55.6 Å². The van der Waals surface area contributed by atoms with E-state index in [9.17, 15) is 35.1 Å². The molecule has 71 heavy (non-hydrogen) atoms. The fourth-order valence-electron chi connectivity index (χ4n) is 8.90. The second-order valence-corrected chi connectivity index (χ2v) is 20.3. The minimum atomic E-state index is -1.58. The molecule has 0 spiro atoms. The monoisotopic (exact) mass is 1000 g/mol. The van der Waals surface area contributed by atoms with Crippen LogP contribution in [0.1, 0.15) is 258 Å². The summed E-state index contributed by atoms with van der Waals surface area (Å²) in [6, 6.07) is -0.834. The van der Waals surface area contributed by atoms with Crippen LogP contribution in [0.2, 0.25) is 0 Å². The fraction of sp³-hybridized carbons (Fsp3) is 0.833. The van der Waals surface area contributed by atoms with Crippen LogP contribution >= 0.6 is 0 Å². The highest BCUT2D eigenvalue weighted by Crippen LogP contribution is 2.23. The first-order valence-corrected chi connectivity index (χ1v) is 29.4. The summed E-state index contributed by atoms with van der Waals surface area (Å²) in [7, 11) is 0. The lowest BCUT2D eigenvalue weighted by molar-refractivity contribution is -0.302. The van der Waals surface area contributed by atoms with E-state index in [0.717, 1.165) is 77.0 Å². The molecule has 7 atom stereocenters. The molecule has 6 N–H and O–H groups in total. The van der Waals surface area contributed by atoms with Crippen molar-refractivity contribution in [3.05, 3.63) is 48.6 Å². The van der Waals surface area contributed by atoms with Gasteiger partial charge in [-0.1, -0.05) is 204 Å². The number of rotatable bonds is 50. The van der Waals surface area contributed by atoms with E-state index in [0.29, 0.717) is 19.4 Å². The van der Waals surface area contributed by atoms with Crippen molar-refractivity contribution >= 4 is 11.9 Å². The van der Waals surface area contributed by atoms with Crippen molar-refractivity contribution in [3.8, 4) is 0 Å². The van der Waals surface area contributed by atoms with E-state index in [-0.39, 0.29) is 18.5 Å². The fourth-order valence-corrected chi connectivity index (χ4v) is 8.90. The van der Waals surface area contributed by atoms with Crippen LogP contribution in [0.5, 0.6) is 0 Å². The van der Waals surface area contributed by atoms with Crippen LogP contribution in [-0.2, 0) is 23.8 Å². The van der Waals surface area contributed by atoms with Crippen LogP contribution in [0, 0.1) is 0 Å². The maximum absolute atomic E-state index is 13.0. The number of aliphatic hydroxyl groups is 5. The molecule has 1 aliphatic heterocycles.